The number of nitrogens with two attached hydrogens (primary N) is 1. The summed E-state index contributed by atoms with van der Waals surface area (Å²) >= 11 is 0. The second-order valence-corrected chi connectivity index (χ2v) is 7.16. The number of carbonyl (C=O) groups excluding carboxylic acids is 2. The van der Waals surface area contributed by atoms with Crippen molar-refractivity contribution in [2.45, 2.75) is 24.7 Å². The standard InChI is InChI=1S/C21H22N2O3/c22-20(25)16-4-2-1-3-15(16)18(24)12-14-5-6-19-17(11-14)21(13-26-19)7-9-23-10-8-21/h1-6,11,23H,7-10,12-13H2,(H2,22,25). The van der Waals surface area contributed by atoms with Gasteiger partial charge in [0, 0.05) is 28.5 Å². The molecule has 5 nitrogen and oxygen atoms in total. The van der Waals surface area contributed by atoms with Crippen LogP contribution in [0, 0.1) is 0 Å². The minimum absolute atomic E-state index is 0.0603. The van der Waals surface area contributed by atoms with Crippen LogP contribution in [0.2, 0.25) is 0 Å². The molecule has 0 atom stereocenters. The van der Waals surface area contributed by atoms with Gasteiger partial charge in [0.1, 0.15) is 5.75 Å². The van der Waals surface area contributed by atoms with Crippen molar-refractivity contribution in [2.24, 2.45) is 5.73 Å². The summed E-state index contributed by atoms with van der Waals surface area (Å²) in [7, 11) is 0. The number of piperidine rings is 1. The van der Waals surface area contributed by atoms with Gasteiger partial charge in [0.25, 0.3) is 0 Å². The first kappa shape index (κ1) is 16.8. The number of rotatable bonds is 4. The summed E-state index contributed by atoms with van der Waals surface area (Å²) in [6.07, 6.45) is 2.33. The van der Waals surface area contributed by atoms with E-state index in [9.17, 15) is 9.59 Å². The molecule has 2 aliphatic heterocycles. The van der Waals surface area contributed by atoms with Crippen LogP contribution in [0.5, 0.6) is 5.75 Å². The molecule has 0 unspecified atom stereocenters. The van der Waals surface area contributed by atoms with E-state index in [1.165, 1.54) is 5.56 Å². The van der Waals surface area contributed by atoms with Gasteiger partial charge < -0.3 is 15.8 Å². The second-order valence-electron chi connectivity index (χ2n) is 7.16. The molecule has 0 aromatic heterocycles. The number of fused-ring (bicyclic) bond motifs is 2. The van der Waals surface area contributed by atoms with Gasteiger partial charge in [-0.1, -0.05) is 30.3 Å². The number of nitrogens with one attached hydrogen (secondary N) is 1. The first-order valence-electron chi connectivity index (χ1n) is 8.98. The third-order valence-electron chi connectivity index (χ3n) is 5.54. The Morgan fingerprint density at radius 1 is 1.08 bits per heavy atom. The second kappa shape index (κ2) is 6.57. The number of hydrogen-bond acceptors (Lipinski definition) is 4. The van der Waals surface area contributed by atoms with Crippen molar-refractivity contribution in [3.63, 3.8) is 0 Å². The smallest absolute Gasteiger partial charge is 0.249 e. The molecule has 0 radical (unpaired) electrons. The number of amides is 1. The molecule has 1 fully saturated rings. The van der Waals surface area contributed by atoms with E-state index in [2.05, 4.69) is 11.4 Å². The molecule has 2 aliphatic rings. The Morgan fingerprint density at radius 3 is 2.54 bits per heavy atom. The molecule has 3 N–H and O–H groups in total. The highest BCUT2D eigenvalue weighted by atomic mass is 16.5. The van der Waals surface area contributed by atoms with E-state index >= 15 is 0 Å². The number of hydrogen-bond donors (Lipinski definition) is 2. The van der Waals surface area contributed by atoms with Crippen molar-refractivity contribution in [1.82, 2.24) is 5.32 Å². The maximum absolute atomic E-state index is 12.8. The van der Waals surface area contributed by atoms with Crippen LogP contribution in [0.4, 0.5) is 0 Å². The van der Waals surface area contributed by atoms with Crippen LogP contribution in [0.15, 0.2) is 42.5 Å². The fourth-order valence-electron chi connectivity index (χ4n) is 4.06. The predicted molar refractivity (Wildman–Crippen MR) is 98.7 cm³/mol. The molecular formula is C21H22N2O3. The van der Waals surface area contributed by atoms with Gasteiger partial charge in [-0.3, -0.25) is 9.59 Å². The van der Waals surface area contributed by atoms with Gasteiger partial charge in [-0.15, -0.1) is 0 Å². The lowest BCUT2D eigenvalue weighted by Crippen LogP contribution is -2.41. The fraction of sp³-hybridized carbons (Fsp3) is 0.333. The molecular weight excluding hydrogens is 328 g/mol. The van der Waals surface area contributed by atoms with E-state index in [-0.39, 0.29) is 23.2 Å². The number of ether oxygens (including phenoxy) is 1. The lowest BCUT2D eigenvalue weighted by Gasteiger charge is -2.32. The minimum atomic E-state index is -0.579. The summed E-state index contributed by atoms with van der Waals surface area (Å²) in [5.74, 6) is 0.253. The summed E-state index contributed by atoms with van der Waals surface area (Å²) in [6.45, 7) is 2.68. The molecule has 1 amide bonds. The Labute approximate surface area is 152 Å². The zero-order valence-electron chi connectivity index (χ0n) is 14.6. The monoisotopic (exact) mass is 350 g/mol. The highest BCUT2D eigenvalue weighted by Crippen LogP contribution is 2.44. The molecule has 2 aromatic carbocycles. The normalized spacial score (nSPS) is 17.5. The first-order chi connectivity index (χ1) is 12.6. The average Bonchev–Trinajstić information content (AvgIpc) is 3.00. The highest BCUT2D eigenvalue weighted by molar-refractivity contribution is 6.08. The highest BCUT2D eigenvalue weighted by Gasteiger charge is 2.41. The van der Waals surface area contributed by atoms with Crippen LogP contribution < -0.4 is 15.8 Å². The Morgan fingerprint density at radius 2 is 1.81 bits per heavy atom. The van der Waals surface area contributed by atoms with Gasteiger partial charge in [0.05, 0.1) is 6.61 Å². The number of benzene rings is 2. The third-order valence-corrected chi connectivity index (χ3v) is 5.54. The molecule has 5 heteroatoms. The zero-order valence-corrected chi connectivity index (χ0v) is 14.6. The molecule has 2 aromatic rings. The molecule has 0 aliphatic carbocycles. The Hall–Kier alpha value is -2.66. The largest absolute Gasteiger partial charge is 0.492 e. The quantitative estimate of drug-likeness (QED) is 0.829. The lowest BCUT2D eigenvalue weighted by atomic mass is 9.74. The molecule has 2 heterocycles. The third kappa shape index (κ3) is 2.88. The topological polar surface area (TPSA) is 81.4 Å². The van der Waals surface area contributed by atoms with Gasteiger partial charge in [0.2, 0.25) is 5.91 Å². The molecule has 4 rings (SSSR count). The molecule has 1 saturated heterocycles. The van der Waals surface area contributed by atoms with Crippen LogP contribution in [0.25, 0.3) is 0 Å². The van der Waals surface area contributed by atoms with Crippen molar-refractivity contribution in [3.8, 4) is 5.75 Å². The summed E-state index contributed by atoms with van der Waals surface area (Å²) in [6, 6.07) is 12.7. The van der Waals surface area contributed by atoms with Crippen LogP contribution in [-0.4, -0.2) is 31.4 Å². The number of primary amides is 1. The van der Waals surface area contributed by atoms with Gasteiger partial charge >= 0.3 is 0 Å². The fourth-order valence-corrected chi connectivity index (χ4v) is 4.06. The summed E-state index contributed by atoms with van der Waals surface area (Å²) in [5, 5.41) is 3.40. The van der Waals surface area contributed by atoms with E-state index in [4.69, 9.17) is 10.5 Å². The van der Waals surface area contributed by atoms with Crippen LogP contribution in [-0.2, 0) is 11.8 Å². The molecule has 0 saturated carbocycles. The van der Waals surface area contributed by atoms with E-state index < -0.39 is 5.91 Å². The number of carbonyl (C=O) groups is 2. The van der Waals surface area contributed by atoms with E-state index in [0.717, 1.165) is 37.2 Å². The lowest BCUT2D eigenvalue weighted by molar-refractivity contribution is 0.0963. The van der Waals surface area contributed by atoms with Gasteiger partial charge in [0.15, 0.2) is 5.78 Å². The van der Waals surface area contributed by atoms with Crippen molar-refractivity contribution >= 4 is 11.7 Å². The van der Waals surface area contributed by atoms with Crippen molar-refractivity contribution < 1.29 is 14.3 Å². The Balaban J connectivity index is 1.62. The van der Waals surface area contributed by atoms with Gasteiger partial charge in [-0.2, -0.15) is 0 Å². The number of Topliss-reactive ketones (excluding diaryl/α,β-unsaturated/α-hetero) is 1. The van der Waals surface area contributed by atoms with Crippen molar-refractivity contribution in [2.75, 3.05) is 19.7 Å². The molecule has 0 bridgehead atoms. The summed E-state index contributed by atoms with van der Waals surface area (Å²) in [4.78, 5) is 24.3. The van der Waals surface area contributed by atoms with Crippen LogP contribution in [0.1, 0.15) is 44.7 Å². The SMILES string of the molecule is NC(=O)c1ccccc1C(=O)Cc1ccc2c(c1)C1(CCNCC1)CO2. The molecule has 26 heavy (non-hydrogen) atoms. The van der Waals surface area contributed by atoms with Crippen LogP contribution >= 0.6 is 0 Å². The van der Waals surface area contributed by atoms with E-state index in [0.29, 0.717) is 12.2 Å². The maximum atomic E-state index is 12.8. The first-order valence-corrected chi connectivity index (χ1v) is 8.98. The maximum Gasteiger partial charge on any atom is 0.249 e. The predicted octanol–water partition coefficient (Wildman–Crippen LogP) is 2.22. The summed E-state index contributed by atoms with van der Waals surface area (Å²) in [5.41, 5.74) is 8.27. The van der Waals surface area contributed by atoms with Crippen molar-refractivity contribution in [3.05, 3.63) is 64.7 Å². The number of ketones is 1. The Kier molecular flexibility index (Phi) is 4.24. The van der Waals surface area contributed by atoms with Gasteiger partial charge in [-0.25, -0.2) is 0 Å². The molecule has 134 valence electrons. The van der Waals surface area contributed by atoms with Crippen molar-refractivity contribution in [1.29, 1.82) is 0 Å². The minimum Gasteiger partial charge on any atom is -0.492 e. The Bertz CT molecular complexity index is 864. The van der Waals surface area contributed by atoms with Gasteiger partial charge in [-0.05, 0) is 43.6 Å². The summed E-state index contributed by atoms with van der Waals surface area (Å²) < 4.78 is 5.91. The van der Waals surface area contributed by atoms with E-state index in [1.807, 2.05) is 12.1 Å². The average molecular weight is 350 g/mol. The van der Waals surface area contributed by atoms with E-state index in [1.54, 1.807) is 24.3 Å². The van der Waals surface area contributed by atoms with Crippen LogP contribution in [0.3, 0.4) is 0 Å². The zero-order chi connectivity index (χ0) is 18.1. The molecule has 1 spiro atoms.